The highest BCUT2D eigenvalue weighted by Gasteiger charge is 2.28. The lowest BCUT2D eigenvalue weighted by atomic mass is 9.96. The van der Waals surface area contributed by atoms with Gasteiger partial charge in [0.05, 0.1) is 18.5 Å². The van der Waals surface area contributed by atoms with Crippen LogP contribution in [0.25, 0.3) is 5.69 Å². The molecule has 1 amide bonds. The maximum atomic E-state index is 12.4. The maximum Gasteiger partial charge on any atom is 0.412 e. The summed E-state index contributed by atoms with van der Waals surface area (Å²) in [5, 5.41) is 7.58. The van der Waals surface area contributed by atoms with E-state index in [-0.39, 0.29) is 12.0 Å². The Bertz CT molecular complexity index is 1140. The lowest BCUT2D eigenvalue weighted by Gasteiger charge is -2.15. The lowest BCUT2D eigenvalue weighted by Crippen LogP contribution is -2.20. The van der Waals surface area contributed by atoms with E-state index in [1.54, 1.807) is 18.9 Å². The van der Waals surface area contributed by atoms with Crippen molar-refractivity contribution in [3.05, 3.63) is 77.6 Å². The smallest absolute Gasteiger partial charge is 0.412 e. The topological polar surface area (TPSA) is 65.4 Å². The molecule has 1 heterocycles. The third-order valence-electron chi connectivity index (χ3n) is 5.65. The number of aryl methyl sites for hydroxylation is 1. The summed E-state index contributed by atoms with van der Waals surface area (Å²) in [6.45, 7) is 4.10. The maximum absolute atomic E-state index is 12.4. The zero-order valence-electron chi connectivity index (χ0n) is 18.7. The van der Waals surface area contributed by atoms with Gasteiger partial charge in [-0.25, -0.2) is 9.48 Å². The van der Waals surface area contributed by atoms with Gasteiger partial charge in [-0.05, 0) is 75.1 Å². The SMILES string of the molecule is COc1ccc(-n2nc(C)c([C@H]3C=C[C@@H](OC(=O)Nc4cccc(SC)c4)C3)c2C)cc1. The molecule has 6 nitrogen and oxygen atoms in total. The number of thioether (sulfide) groups is 1. The fourth-order valence-electron chi connectivity index (χ4n) is 4.12. The molecule has 0 radical (unpaired) electrons. The molecule has 0 bridgehead atoms. The minimum atomic E-state index is -0.444. The number of carbonyl (C=O) groups is 1. The van der Waals surface area contributed by atoms with Crippen molar-refractivity contribution < 1.29 is 14.3 Å². The monoisotopic (exact) mass is 449 g/mol. The Morgan fingerprint density at radius 2 is 1.94 bits per heavy atom. The molecule has 166 valence electrons. The van der Waals surface area contributed by atoms with Crippen LogP contribution < -0.4 is 10.1 Å². The number of allylic oxidation sites excluding steroid dienone is 1. The van der Waals surface area contributed by atoms with Gasteiger partial charge in [0, 0.05) is 27.8 Å². The van der Waals surface area contributed by atoms with Crippen molar-refractivity contribution in [3.8, 4) is 11.4 Å². The molecule has 1 aromatic heterocycles. The second-order valence-electron chi connectivity index (χ2n) is 7.72. The number of benzene rings is 2. The van der Waals surface area contributed by atoms with E-state index in [9.17, 15) is 4.79 Å². The summed E-state index contributed by atoms with van der Waals surface area (Å²) < 4.78 is 12.9. The highest BCUT2D eigenvalue weighted by atomic mass is 32.2. The normalized spacial score (nSPS) is 17.4. The summed E-state index contributed by atoms with van der Waals surface area (Å²) in [5.74, 6) is 0.965. The average molecular weight is 450 g/mol. The molecule has 2 atom stereocenters. The van der Waals surface area contributed by atoms with Crippen molar-refractivity contribution in [3.63, 3.8) is 0 Å². The third kappa shape index (κ3) is 4.67. The van der Waals surface area contributed by atoms with Crippen molar-refractivity contribution in [2.24, 2.45) is 0 Å². The van der Waals surface area contributed by atoms with Crippen LogP contribution in [0.3, 0.4) is 0 Å². The molecule has 0 saturated heterocycles. The summed E-state index contributed by atoms with van der Waals surface area (Å²) in [6, 6.07) is 15.6. The van der Waals surface area contributed by atoms with Gasteiger partial charge in [0.1, 0.15) is 11.9 Å². The summed E-state index contributed by atoms with van der Waals surface area (Å²) in [7, 11) is 1.66. The predicted molar refractivity (Wildman–Crippen MR) is 128 cm³/mol. The minimum Gasteiger partial charge on any atom is -0.497 e. The Hall–Kier alpha value is -3.19. The van der Waals surface area contributed by atoms with Gasteiger partial charge >= 0.3 is 6.09 Å². The fourth-order valence-corrected chi connectivity index (χ4v) is 4.58. The molecular weight excluding hydrogens is 422 g/mol. The van der Waals surface area contributed by atoms with E-state index in [0.717, 1.165) is 33.4 Å². The van der Waals surface area contributed by atoms with E-state index < -0.39 is 6.09 Å². The molecule has 3 aromatic rings. The highest BCUT2D eigenvalue weighted by molar-refractivity contribution is 7.98. The Morgan fingerprint density at radius 1 is 1.16 bits per heavy atom. The van der Waals surface area contributed by atoms with Crippen molar-refractivity contribution in [2.75, 3.05) is 18.7 Å². The average Bonchev–Trinajstić information content (AvgIpc) is 3.36. The van der Waals surface area contributed by atoms with Crippen LogP contribution in [0.5, 0.6) is 5.75 Å². The molecule has 1 aliphatic rings. The number of aromatic nitrogens is 2. The molecule has 0 fully saturated rings. The van der Waals surface area contributed by atoms with Crippen LogP contribution in [0.4, 0.5) is 10.5 Å². The van der Waals surface area contributed by atoms with E-state index in [4.69, 9.17) is 14.6 Å². The number of nitrogens with one attached hydrogen (secondary N) is 1. The molecule has 0 saturated carbocycles. The highest BCUT2D eigenvalue weighted by Crippen LogP contribution is 2.35. The number of methoxy groups -OCH3 is 1. The fraction of sp³-hybridized carbons (Fsp3) is 0.280. The van der Waals surface area contributed by atoms with Gasteiger partial charge in [0.2, 0.25) is 0 Å². The second-order valence-corrected chi connectivity index (χ2v) is 8.60. The molecule has 1 N–H and O–H groups in total. The first kappa shape index (κ1) is 22.0. The van der Waals surface area contributed by atoms with Gasteiger partial charge in [-0.15, -0.1) is 11.8 Å². The Morgan fingerprint density at radius 3 is 2.66 bits per heavy atom. The molecule has 32 heavy (non-hydrogen) atoms. The first-order valence-corrected chi connectivity index (χ1v) is 11.7. The number of rotatable bonds is 6. The molecule has 7 heteroatoms. The first-order valence-electron chi connectivity index (χ1n) is 10.5. The van der Waals surface area contributed by atoms with Crippen LogP contribution in [0.1, 0.15) is 29.3 Å². The minimum absolute atomic E-state index is 0.152. The van der Waals surface area contributed by atoms with Gasteiger partial charge in [-0.2, -0.15) is 5.10 Å². The van der Waals surface area contributed by atoms with Crippen LogP contribution >= 0.6 is 11.8 Å². The van der Waals surface area contributed by atoms with Gasteiger partial charge in [-0.3, -0.25) is 5.32 Å². The number of anilines is 1. The summed E-state index contributed by atoms with van der Waals surface area (Å²) >= 11 is 1.63. The summed E-state index contributed by atoms with van der Waals surface area (Å²) in [5.41, 5.74) is 4.96. The summed E-state index contributed by atoms with van der Waals surface area (Å²) in [4.78, 5) is 13.5. The Balaban J connectivity index is 1.42. The Kier molecular flexibility index (Phi) is 6.55. The van der Waals surface area contributed by atoms with Gasteiger partial charge in [-0.1, -0.05) is 12.1 Å². The number of hydrogen-bond acceptors (Lipinski definition) is 5. The first-order chi connectivity index (χ1) is 15.5. The van der Waals surface area contributed by atoms with Crippen LogP contribution in [0.15, 0.2) is 65.6 Å². The second kappa shape index (κ2) is 9.53. The van der Waals surface area contributed by atoms with Crippen molar-refractivity contribution >= 4 is 23.5 Å². The predicted octanol–water partition coefficient (Wildman–Crippen LogP) is 5.88. The number of ether oxygens (including phenoxy) is 2. The number of amides is 1. The standard InChI is InChI=1S/C25H27N3O3S/c1-16-24(17(2)28(27-16)20-9-12-21(30-3)13-10-20)18-8-11-22(14-18)31-25(29)26-19-6-5-7-23(15-19)32-4/h5-13,15,18,22H,14H2,1-4H3,(H,26,29)/t18-,22+/m0/s1. The molecule has 1 aliphatic carbocycles. The molecule has 0 spiro atoms. The summed E-state index contributed by atoms with van der Waals surface area (Å²) in [6.07, 6.45) is 6.07. The van der Waals surface area contributed by atoms with Crippen molar-refractivity contribution in [1.29, 1.82) is 0 Å². The van der Waals surface area contributed by atoms with E-state index in [2.05, 4.69) is 18.3 Å². The molecular formula is C25H27N3O3S. The quantitative estimate of drug-likeness (QED) is 0.376. The Labute approximate surface area is 192 Å². The van der Waals surface area contributed by atoms with Crippen LogP contribution in [-0.2, 0) is 4.74 Å². The van der Waals surface area contributed by atoms with E-state index >= 15 is 0 Å². The zero-order valence-corrected chi connectivity index (χ0v) is 19.5. The zero-order chi connectivity index (χ0) is 22.7. The molecule has 2 aromatic carbocycles. The van der Waals surface area contributed by atoms with E-state index in [1.807, 2.05) is 72.5 Å². The van der Waals surface area contributed by atoms with E-state index in [0.29, 0.717) is 6.42 Å². The number of hydrogen-bond donors (Lipinski definition) is 1. The number of nitrogens with zero attached hydrogens (tertiary/aromatic N) is 2. The van der Waals surface area contributed by atoms with Crippen LogP contribution in [-0.4, -0.2) is 35.3 Å². The molecule has 0 aliphatic heterocycles. The van der Waals surface area contributed by atoms with Crippen molar-refractivity contribution in [2.45, 2.75) is 37.2 Å². The van der Waals surface area contributed by atoms with Gasteiger partial charge in [0.25, 0.3) is 0 Å². The molecule has 0 unspecified atom stereocenters. The van der Waals surface area contributed by atoms with Crippen LogP contribution in [0, 0.1) is 13.8 Å². The third-order valence-corrected chi connectivity index (χ3v) is 6.38. The van der Waals surface area contributed by atoms with Crippen LogP contribution in [0.2, 0.25) is 0 Å². The van der Waals surface area contributed by atoms with Crippen molar-refractivity contribution in [1.82, 2.24) is 9.78 Å². The number of carbonyl (C=O) groups excluding carboxylic acids is 1. The van der Waals surface area contributed by atoms with Gasteiger partial charge in [0.15, 0.2) is 0 Å². The van der Waals surface area contributed by atoms with Gasteiger partial charge < -0.3 is 9.47 Å². The molecule has 4 rings (SSSR count). The largest absolute Gasteiger partial charge is 0.497 e. The lowest BCUT2D eigenvalue weighted by molar-refractivity contribution is 0.132. The van der Waals surface area contributed by atoms with E-state index in [1.165, 1.54) is 5.56 Å².